The fourth-order valence-corrected chi connectivity index (χ4v) is 2.76. The topological polar surface area (TPSA) is 62.3 Å². The van der Waals surface area contributed by atoms with Crippen molar-refractivity contribution in [3.8, 4) is 0 Å². The molecule has 6 heteroatoms. The molecule has 25 heavy (non-hydrogen) atoms. The van der Waals surface area contributed by atoms with Crippen molar-refractivity contribution in [3.63, 3.8) is 0 Å². The van der Waals surface area contributed by atoms with E-state index in [-0.39, 0.29) is 0 Å². The van der Waals surface area contributed by atoms with Crippen LogP contribution in [0.1, 0.15) is 25.3 Å². The fourth-order valence-electron chi connectivity index (χ4n) is 2.76. The molecule has 1 saturated heterocycles. The molecule has 0 aliphatic carbocycles. The molecule has 0 unspecified atom stereocenters. The molecule has 2 aromatic rings. The average molecular weight is 341 g/mol. The predicted molar refractivity (Wildman–Crippen MR) is 102 cm³/mol. The van der Waals surface area contributed by atoms with Crippen LogP contribution in [0.15, 0.2) is 36.5 Å². The van der Waals surface area contributed by atoms with Crippen LogP contribution in [0.3, 0.4) is 0 Å². The van der Waals surface area contributed by atoms with Crippen molar-refractivity contribution in [2.45, 2.75) is 19.8 Å². The van der Waals surface area contributed by atoms with Crippen molar-refractivity contribution in [2.75, 3.05) is 50.0 Å². The van der Waals surface area contributed by atoms with Gasteiger partial charge in [0.15, 0.2) is 0 Å². The largest absolute Gasteiger partial charge is 0.379 e. The lowest BCUT2D eigenvalue weighted by atomic mass is 10.0. The first-order valence-electron chi connectivity index (χ1n) is 8.95. The summed E-state index contributed by atoms with van der Waals surface area (Å²) in [6.45, 7) is 9.91. The molecular weight excluding hydrogens is 314 g/mol. The molecule has 0 amide bonds. The minimum atomic E-state index is 0.532. The summed E-state index contributed by atoms with van der Waals surface area (Å²) in [6, 6.07) is 10.3. The van der Waals surface area contributed by atoms with Crippen LogP contribution >= 0.6 is 0 Å². The third-order valence-corrected chi connectivity index (χ3v) is 4.33. The summed E-state index contributed by atoms with van der Waals surface area (Å²) in [4.78, 5) is 11.2. The van der Waals surface area contributed by atoms with Crippen LogP contribution < -0.4 is 10.6 Å². The van der Waals surface area contributed by atoms with E-state index in [1.54, 1.807) is 6.20 Å². The van der Waals surface area contributed by atoms with Crippen LogP contribution in [0.25, 0.3) is 0 Å². The van der Waals surface area contributed by atoms with Gasteiger partial charge in [0, 0.05) is 38.1 Å². The molecule has 1 aromatic carbocycles. The molecule has 2 heterocycles. The second-order valence-corrected chi connectivity index (χ2v) is 6.55. The summed E-state index contributed by atoms with van der Waals surface area (Å²) >= 11 is 0. The maximum absolute atomic E-state index is 5.37. The maximum atomic E-state index is 5.37. The Labute approximate surface area is 149 Å². The standard InChI is InChI=1S/C19H27N5O/c1-15(2)16-3-5-17(6-4-16)22-19-21-8-7-18(23-19)20-9-10-24-11-13-25-14-12-24/h3-8,15H,9-14H2,1-2H3,(H2,20,21,22,23). The number of benzene rings is 1. The smallest absolute Gasteiger partial charge is 0.229 e. The molecule has 1 aromatic heterocycles. The van der Waals surface area contributed by atoms with Gasteiger partial charge in [0.05, 0.1) is 13.2 Å². The van der Waals surface area contributed by atoms with Crippen LogP contribution in [-0.4, -0.2) is 54.3 Å². The Hall–Kier alpha value is -2.18. The Morgan fingerprint density at radius 1 is 1.12 bits per heavy atom. The summed E-state index contributed by atoms with van der Waals surface area (Å²) in [5.74, 6) is 1.97. The van der Waals surface area contributed by atoms with E-state index < -0.39 is 0 Å². The molecule has 2 N–H and O–H groups in total. The fraction of sp³-hybridized carbons (Fsp3) is 0.474. The van der Waals surface area contributed by atoms with Gasteiger partial charge in [-0.15, -0.1) is 0 Å². The highest BCUT2D eigenvalue weighted by Gasteiger charge is 2.09. The molecule has 3 rings (SSSR count). The van der Waals surface area contributed by atoms with Crippen molar-refractivity contribution < 1.29 is 4.74 Å². The Bertz CT molecular complexity index is 653. The van der Waals surface area contributed by atoms with Crippen molar-refractivity contribution in [1.29, 1.82) is 0 Å². The van der Waals surface area contributed by atoms with E-state index in [0.717, 1.165) is 50.9 Å². The van der Waals surface area contributed by atoms with Gasteiger partial charge in [-0.05, 0) is 29.7 Å². The number of hydrogen-bond donors (Lipinski definition) is 2. The highest BCUT2D eigenvalue weighted by Crippen LogP contribution is 2.19. The van der Waals surface area contributed by atoms with Gasteiger partial charge in [0.1, 0.15) is 5.82 Å². The van der Waals surface area contributed by atoms with Gasteiger partial charge < -0.3 is 15.4 Å². The molecule has 1 aliphatic rings. The monoisotopic (exact) mass is 341 g/mol. The Kier molecular flexibility index (Phi) is 6.19. The van der Waals surface area contributed by atoms with Gasteiger partial charge >= 0.3 is 0 Å². The van der Waals surface area contributed by atoms with E-state index in [9.17, 15) is 0 Å². The van der Waals surface area contributed by atoms with E-state index in [1.165, 1.54) is 5.56 Å². The normalized spacial score (nSPS) is 15.3. The molecule has 0 saturated carbocycles. The van der Waals surface area contributed by atoms with Crippen LogP contribution in [0.2, 0.25) is 0 Å². The molecular formula is C19H27N5O. The number of anilines is 3. The van der Waals surface area contributed by atoms with E-state index in [2.05, 4.69) is 63.6 Å². The Morgan fingerprint density at radius 2 is 1.88 bits per heavy atom. The predicted octanol–water partition coefficient (Wildman–Crippen LogP) is 3.09. The number of nitrogens with one attached hydrogen (secondary N) is 2. The van der Waals surface area contributed by atoms with Gasteiger partial charge in [-0.2, -0.15) is 4.98 Å². The zero-order valence-corrected chi connectivity index (χ0v) is 15.0. The molecule has 0 bridgehead atoms. The summed E-state index contributed by atoms with van der Waals surface area (Å²) in [6.07, 6.45) is 1.77. The van der Waals surface area contributed by atoms with Crippen molar-refractivity contribution in [1.82, 2.24) is 14.9 Å². The maximum Gasteiger partial charge on any atom is 0.229 e. The number of ether oxygens (including phenoxy) is 1. The third kappa shape index (κ3) is 5.41. The molecule has 1 aliphatic heterocycles. The lowest BCUT2D eigenvalue weighted by Gasteiger charge is -2.26. The first-order chi connectivity index (χ1) is 12.2. The van der Waals surface area contributed by atoms with E-state index in [1.807, 2.05) is 6.07 Å². The van der Waals surface area contributed by atoms with Gasteiger partial charge in [-0.25, -0.2) is 4.98 Å². The second-order valence-electron chi connectivity index (χ2n) is 6.55. The minimum absolute atomic E-state index is 0.532. The molecule has 134 valence electrons. The third-order valence-electron chi connectivity index (χ3n) is 4.33. The zero-order chi connectivity index (χ0) is 17.5. The second kappa shape index (κ2) is 8.78. The van der Waals surface area contributed by atoms with Crippen molar-refractivity contribution in [2.24, 2.45) is 0 Å². The summed E-state index contributed by atoms with van der Waals surface area (Å²) in [5.41, 5.74) is 2.32. The molecule has 1 fully saturated rings. The van der Waals surface area contributed by atoms with E-state index >= 15 is 0 Å². The SMILES string of the molecule is CC(C)c1ccc(Nc2nccc(NCCN3CCOCC3)n2)cc1. The van der Waals surface area contributed by atoms with Crippen LogP contribution in [0.5, 0.6) is 0 Å². The summed E-state index contributed by atoms with van der Waals surface area (Å²) < 4.78 is 5.37. The lowest BCUT2D eigenvalue weighted by Crippen LogP contribution is -2.39. The first kappa shape index (κ1) is 17.6. The number of rotatable bonds is 7. The number of aromatic nitrogens is 2. The van der Waals surface area contributed by atoms with Gasteiger partial charge in [0.25, 0.3) is 0 Å². The number of nitrogens with zero attached hydrogens (tertiary/aromatic N) is 3. The van der Waals surface area contributed by atoms with E-state index in [0.29, 0.717) is 11.9 Å². The highest BCUT2D eigenvalue weighted by atomic mass is 16.5. The minimum Gasteiger partial charge on any atom is -0.379 e. The number of morpholine rings is 1. The highest BCUT2D eigenvalue weighted by molar-refractivity contribution is 5.55. The summed E-state index contributed by atoms with van der Waals surface area (Å²) in [7, 11) is 0. The van der Waals surface area contributed by atoms with Gasteiger partial charge in [0.2, 0.25) is 5.95 Å². The molecule has 6 nitrogen and oxygen atoms in total. The average Bonchev–Trinajstić information content (AvgIpc) is 2.63. The molecule has 0 spiro atoms. The van der Waals surface area contributed by atoms with Crippen LogP contribution in [-0.2, 0) is 4.74 Å². The Balaban J connectivity index is 1.52. The number of hydrogen-bond acceptors (Lipinski definition) is 6. The van der Waals surface area contributed by atoms with Crippen LogP contribution in [0.4, 0.5) is 17.5 Å². The summed E-state index contributed by atoms with van der Waals surface area (Å²) in [5, 5.41) is 6.63. The van der Waals surface area contributed by atoms with Crippen molar-refractivity contribution in [3.05, 3.63) is 42.1 Å². The van der Waals surface area contributed by atoms with E-state index in [4.69, 9.17) is 4.74 Å². The molecule has 0 radical (unpaired) electrons. The first-order valence-corrected chi connectivity index (χ1v) is 8.95. The quantitative estimate of drug-likeness (QED) is 0.807. The Morgan fingerprint density at radius 3 is 2.60 bits per heavy atom. The van der Waals surface area contributed by atoms with Gasteiger partial charge in [-0.1, -0.05) is 26.0 Å². The zero-order valence-electron chi connectivity index (χ0n) is 15.0. The lowest BCUT2D eigenvalue weighted by molar-refractivity contribution is 0.0398. The molecule has 0 atom stereocenters. The van der Waals surface area contributed by atoms with Crippen molar-refractivity contribution >= 4 is 17.5 Å². The van der Waals surface area contributed by atoms with Gasteiger partial charge in [-0.3, -0.25) is 4.90 Å². The van der Waals surface area contributed by atoms with Crippen LogP contribution in [0, 0.1) is 0 Å².